The van der Waals surface area contributed by atoms with Gasteiger partial charge in [0.1, 0.15) is 0 Å². The van der Waals surface area contributed by atoms with Gasteiger partial charge in [0.2, 0.25) is 11.8 Å². The van der Waals surface area contributed by atoms with Crippen LogP contribution in [0, 0.1) is 0 Å². The summed E-state index contributed by atoms with van der Waals surface area (Å²) in [5.74, 6) is 0.420. The van der Waals surface area contributed by atoms with E-state index < -0.39 is 0 Å². The molecule has 148 valence electrons. The molecule has 5 nitrogen and oxygen atoms in total. The summed E-state index contributed by atoms with van der Waals surface area (Å²) in [4.78, 5) is 31.1. The van der Waals surface area contributed by atoms with Gasteiger partial charge in [0.25, 0.3) is 0 Å². The van der Waals surface area contributed by atoms with E-state index in [1.54, 1.807) is 0 Å². The second-order valence-electron chi connectivity index (χ2n) is 7.54. The van der Waals surface area contributed by atoms with Crippen LogP contribution in [0.3, 0.4) is 0 Å². The number of benzene rings is 1. The Balaban J connectivity index is 1.39. The molecule has 0 saturated carbocycles. The highest BCUT2D eigenvalue weighted by Crippen LogP contribution is 2.17. The van der Waals surface area contributed by atoms with Crippen LogP contribution in [0.1, 0.15) is 37.7 Å². The minimum Gasteiger partial charge on any atom is -0.342 e. The van der Waals surface area contributed by atoms with Crippen LogP contribution < -0.4 is 0 Å². The molecule has 3 rings (SSSR count). The number of halogens is 1. The first-order valence-corrected chi connectivity index (χ1v) is 10.5. The van der Waals surface area contributed by atoms with Crippen LogP contribution in [0.5, 0.6) is 0 Å². The third-order valence-electron chi connectivity index (χ3n) is 5.61. The van der Waals surface area contributed by atoms with E-state index in [0.717, 1.165) is 49.6 Å². The standard InChI is InChI=1S/C21H30ClN3O2/c22-19-8-4-3-7-18(19)9-10-20(26)25-15-13-23(14-16-25)17-21(27)24-11-5-1-2-6-12-24/h3-4,7-8H,1-2,5-6,9-17H2. The molecule has 2 heterocycles. The van der Waals surface area contributed by atoms with E-state index in [-0.39, 0.29) is 11.8 Å². The van der Waals surface area contributed by atoms with Crippen molar-refractivity contribution in [1.82, 2.24) is 14.7 Å². The second-order valence-corrected chi connectivity index (χ2v) is 7.95. The number of amides is 2. The minimum atomic E-state index is 0.174. The Morgan fingerprint density at radius 2 is 1.44 bits per heavy atom. The van der Waals surface area contributed by atoms with Gasteiger partial charge in [-0.05, 0) is 30.9 Å². The number of aryl methyl sites for hydroxylation is 1. The van der Waals surface area contributed by atoms with Gasteiger partial charge in [0.15, 0.2) is 0 Å². The number of carbonyl (C=O) groups is 2. The molecular weight excluding hydrogens is 362 g/mol. The van der Waals surface area contributed by atoms with E-state index in [1.807, 2.05) is 34.1 Å². The lowest BCUT2D eigenvalue weighted by molar-refractivity contribution is -0.135. The maximum absolute atomic E-state index is 12.5. The number of likely N-dealkylation sites (tertiary alicyclic amines) is 1. The Morgan fingerprint density at radius 1 is 0.815 bits per heavy atom. The Labute approximate surface area is 167 Å². The van der Waals surface area contributed by atoms with Crippen molar-refractivity contribution >= 4 is 23.4 Å². The van der Waals surface area contributed by atoms with E-state index in [2.05, 4.69) is 4.90 Å². The number of rotatable bonds is 5. The smallest absolute Gasteiger partial charge is 0.236 e. The van der Waals surface area contributed by atoms with Crippen molar-refractivity contribution in [2.45, 2.75) is 38.5 Å². The van der Waals surface area contributed by atoms with Crippen LogP contribution in [0.15, 0.2) is 24.3 Å². The lowest BCUT2D eigenvalue weighted by Gasteiger charge is -2.35. The highest BCUT2D eigenvalue weighted by Gasteiger charge is 2.24. The zero-order chi connectivity index (χ0) is 19.1. The van der Waals surface area contributed by atoms with Gasteiger partial charge in [-0.25, -0.2) is 0 Å². The highest BCUT2D eigenvalue weighted by molar-refractivity contribution is 6.31. The van der Waals surface area contributed by atoms with E-state index in [4.69, 9.17) is 11.6 Å². The first kappa shape index (κ1) is 20.2. The Hall–Kier alpha value is -1.59. The predicted octanol–water partition coefficient (Wildman–Crippen LogP) is 2.82. The Bertz CT molecular complexity index is 636. The zero-order valence-corrected chi connectivity index (χ0v) is 16.8. The van der Waals surface area contributed by atoms with Crippen LogP contribution >= 0.6 is 11.6 Å². The van der Waals surface area contributed by atoms with Gasteiger partial charge in [0, 0.05) is 50.7 Å². The fourth-order valence-corrected chi connectivity index (χ4v) is 4.10. The molecular formula is C21H30ClN3O2. The molecule has 2 saturated heterocycles. The van der Waals surface area contributed by atoms with E-state index in [1.165, 1.54) is 12.8 Å². The molecule has 2 fully saturated rings. The van der Waals surface area contributed by atoms with Gasteiger partial charge in [-0.2, -0.15) is 0 Å². The van der Waals surface area contributed by atoms with Crippen LogP contribution in [0.2, 0.25) is 5.02 Å². The van der Waals surface area contributed by atoms with Crippen molar-refractivity contribution in [3.8, 4) is 0 Å². The summed E-state index contributed by atoms with van der Waals surface area (Å²) in [6.07, 6.45) is 5.87. The first-order valence-electron chi connectivity index (χ1n) is 10.1. The van der Waals surface area contributed by atoms with Crippen LogP contribution in [0.4, 0.5) is 0 Å². The lowest BCUT2D eigenvalue weighted by Crippen LogP contribution is -2.51. The summed E-state index contributed by atoms with van der Waals surface area (Å²) in [7, 11) is 0. The molecule has 0 N–H and O–H groups in total. The summed E-state index contributed by atoms with van der Waals surface area (Å²) in [6.45, 7) is 5.25. The molecule has 0 radical (unpaired) electrons. The lowest BCUT2D eigenvalue weighted by atomic mass is 10.1. The monoisotopic (exact) mass is 391 g/mol. The second kappa shape index (κ2) is 10.1. The molecule has 1 aromatic carbocycles. The molecule has 6 heteroatoms. The van der Waals surface area contributed by atoms with E-state index in [9.17, 15) is 9.59 Å². The average molecular weight is 392 g/mol. The van der Waals surface area contributed by atoms with Crippen LogP contribution in [-0.4, -0.2) is 72.3 Å². The molecule has 1 aromatic rings. The topological polar surface area (TPSA) is 43.9 Å². The summed E-state index contributed by atoms with van der Waals surface area (Å²) in [5, 5.41) is 0.724. The first-order chi connectivity index (χ1) is 13.1. The number of nitrogens with zero attached hydrogens (tertiary/aromatic N) is 3. The quantitative estimate of drug-likeness (QED) is 0.775. The van der Waals surface area contributed by atoms with Gasteiger partial charge >= 0.3 is 0 Å². The molecule has 0 unspecified atom stereocenters. The van der Waals surface area contributed by atoms with Crippen molar-refractivity contribution in [2.75, 3.05) is 45.8 Å². The zero-order valence-electron chi connectivity index (χ0n) is 16.0. The third-order valence-corrected chi connectivity index (χ3v) is 5.98. The molecule has 2 aliphatic heterocycles. The normalized spacial score (nSPS) is 19.0. The van der Waals surface area contributed by atoms with Crippen molar-refractivity contribution in [3.63, 3.8) is 0 Å². The molecule has 0 aliphatic carbocycles. The molecule has 27 heavy (non-hydrogen) atoms. The van der Waals surface area contributed by atoms with Crippen LogP contribution in [0.25, 0.3) is 0 Å². The molecule has 0 aromatic heterocycles. The molecule has 0 bridgehead atoms. The van der Waals surface area contributed by atoms with Crippen molar-refractivity contribution in [2.24, 2.45) is 0 Å². The Morgan fingerprint density at radius 3 is 2.11 bits per heavy atom. The largest absolute Gasteiger partial charge is 0.342 e. The van der Waals surface area contributed by atoms with E-state index >= 15 is 0 Å². The van der Waals surface area contributed by atoms with Crippen LogP contribution in [-0.2, 0) is 16.0 Å². The summed E-state index contributed by atoms with van der Waals surface area (Å²) >= 11 is 6.17. The molecule has 0 atom stereocenters. The van der Waals surface area contributed by atoms with Crippen molar-refractivity contribution in [1.29, 1.82) is 0 Å². The van der Waals surface area contributed by atoms with Crippen molar-refractivity contribution in [3.05, 3.63) is 34.9 Å². The van der Waals surface area contributed by atoms with Gasteiger partial charge in [-0.15, -0.1) is 0 Å². The fraction of sp³-hybridized carbons (Fsp3) is 0.619. The van der Waals surface area contributed by atoms with Gasteiger partial charge in [0.05, 0.1) is 6.54 Å². The molecule has 0 spiro atoms. The number of hydrogen-bond acceptors (Lipinski definition) is 3. The number of piperazine rings is 1. The van der Waals surface area contributed by atoms with Gasteiger partial charge < -0.3 is 9.80 Å². The third kappa shape index (κ3) is 5.94. The number of hydrogen-bond donors (Lipinski definition) is 0. The summed E-state index contributed by atoms with van der Waals surface area (Å²) in [5.41, 5.74) is 1.02. The minimum absolute atomic E-state index is 0.174. The van der Waals surface area contributed by atoms with Gasteiger partial charge in [-0.1, -0.05) is 42.6 Å². The maximum Gasteiger partial charge on any atom is 0.236 e. The molecule has 2 amide bonds. The maximum atomic E-state index is 12.5. The highest BCUT2D eigenvalue weighted by atomic mass is 35.5. The van der Waals surface area contributed by atoms with E-state index in [0.29, 0.717) is 32.5 Å². The number of carbonyl (C=O) groups excluding carboxylic acids is 2. The van der Waals surface area contributed by atoms with Gasteiger partial charge in [-0.3, -0.25) is 14.5 Å². The predicted molar refractivity (Wildman–Crippen MR) is 108 cm³/mol. The van der Waals surface area contributed by atoms with Crippen molar-refractivity contribution < 1.29 is 9.59 Å². The Kier molecular flexibility index (Phi) is 7.53. The average Bonchev–Trinajstić information content (AvgIpc) is 2.97. The summed E-state index contributed by atoms with van der Waals surface area (Å²) < 4.78 is 0. The SMILES string of the molecule is O=C(CCc1ccccc1Cl)N1CCN(CC(=O)N2CCCCCC2)CC1. The fourth-order valence-electron chi connectivity index (χ4n) is 3.87. The molecule has 2 aliphatic rings. The summed E-state index contributed by atoms with van der Waals surface area (Å²) in [6, 6.07) is 7.69.